The first-order valence-electron chi connectivity index (χ1n) is 11.3. The first-order chi connectivity index (χ1) is 17.8. The summed E-state index contributed by atoms with van der Waals surface area (Å²) in [5.41, 5.74) is 4.45. The van der Waals surface area contributed by atoms with Crippen molar-refractivity contribution in [1.29, 1.82) is 0 Å². The van der Waals surface area contributed by atoms with Crippen LogP contribution in [0.4, 0.5) is 4.79 Å². The third kappa shape index (κ3) is 7.05. The Morgan fingerprint density at radius 3 is 2.65 bits per heavy atom. The van der Waals surface area contributed by atoms with Gasteiger partial charge in [-0.3, -0.25) is 5.43 Å². The van der Waals surface area contributed by atoms with Gasteiger partial charge in [-0.25, -0.2) is 9.59 Å². The molecule has 1 heterocycles. The van der Waals surface area contributed by atoms with Crippen LogP contribution >= 0.6 is 11.6 Å². The fraction of sp³-hybridized carbons (Fsp3) is 0.320. The number of aliphatic hydroxyl groups is 1. The van der Waals surface area contributed by atoms with Crippen LogP contribution in [0.2, 0.25) is 5.02 Å². The highest BCUT2D eigenvalue weighted by Gasteiger charge is 2.32. The second-order valence-corrected chi connectivity index (χ2v) is 8.24. The zero-order valence-electron chi connectivity index (χ0n) is 20.8. The van der Waals surface area contributed by atoms with Gasteiger partial charge in [0.05, 0.1) is 38.7 Å². The lowest BCUT2D eigenvalue weighted by atomic mass is 9.95. The van der Waals surface area contributed by atoms with E-state index in [-0.39, 0.29) is 12.2 Å². The number of benzene rings is 2. The van der Waals surface area contributed by atoms with Crippen LogP contribution in [0.1, 0.15) is 31.0 Å². The number of nitrogens with zero attached hydrogens (tertiary/aromatic N) is 1. The molecule has 3 rings (SSSR count). The van der Waals surface area contributed by atoms with Gasteiger partial charge in [0.2, 0.25) is 0 Å². The van der Waals surface area contributed by atoms with Crippen molar-refractivity contribution in [2.75, 3.05) is 27.4 Å². The van der Waals surface area contributed by atoms with Crippen molar-refractivity contribution in [2.45, 2.75) is 26.1 Å². The third-order valence-corrected chi connectivity index (χ3v) is 5.53. The molecule has 0 radical (unpaired) electrons. The Labute approximate surface area is 219 Å². The molecule has 0 saturated heterocycles. The topological polar surface area (TPSA) is 140 Å². The molecule has 0 fully saturated rings. The van der Waals surface area contributed by atoms with E-state index in [0.717, 1.165) is 0 Å². The van der Waals surface area contributed by atoms with Crippen molar-refractivity contribution in [3.8, 4) is 17.2 Å². The molecule has 0 saturated carbocycles. The van der Waals surface area contributed by atoms with Crippen LogP contribution in [0.3, 0.4) is 0 Å². The first-order valence-corrected chi connectivity index (χ1v) is 11.7. The molecule has 0 aliphatic carbocycles. The van der Waals surface area contributed by atoms with Crippen LogP contribution in [-0.4, -0.2) is 57.0 Å². The summed E-state index contributed by atoms with van der Waals surface area (Å²) in [6.07, 6.45) is 0.326. The average molecular weight is 533 g/mol. The number of methoxy groups -OCH3 is 2. The molecule has 1 aliphatic heterocycles. The Morgan fingerprint density at radius 2 is 1.95 bits per heavy atom. The minimum Gasteiger partial charge on any atom is -0.496 e. The van der Waals surface area contributed by atoms with Crippen molar-refractivity contribution in [3.63, 3.8) is 0 Å². The van der Waals surface area contributed by atoms with E-state index in [1.165, 1.54) is 20.4 Å². The van der Waals surface area contributed by atoms with Gasteiger partial charge in [0.25, 0.3) is 0 Å². The molecule has 2 aromatic rings. The van der Waals surface area contributed by atoms with E-state index in [4.69, 9.17) is 30.5 Å². The van der Waals surface area contributed by atoms with Crippen molar-refractivity contribution in [2.24, 2.45) is 5.10 Å². The number of hydrogen-bond donors (Lipinski definition) is 4. The molecule has 37 heavy (non-hydrogen) atoms. The van der Waals surface area contributed by atoms with Gasteiger partial charge >= 0.3 is 12.0 Å². The number of amides is 2. The summed E-state index contributed by atoms with van der Waals surface area (Å²) in [6, 6.07) is 8.87. The number of carbonyl (C=O) groups is 2. The van der Waals surface area contributed by atoms with E-state index in [0.29, 0.717) is 45.7 Å². The van der Waals surface area contributed by atoms with Gasteiger partial charge in [-0.2, -0.15) is 5.10 Å². The summed E-state index contributed by atoms with van der Waals surface area (Å²) in [4.78, 5) is 24.4. The summed E-state index contributed by atoms with van der Waals surface area (Å²) < 4.78 is 21.6. The summed E-state index contributed by atoms with van der Waals surface area (Å²) in [6.45, 7) is 3.61. The quantitative estimate of drug-likeness (QED) is 0.150. The standard InChI is InChI=1S/C25H29ClN4O7/c1-5-36-20-11-15(23-22(24(32)35-4)14(2)28-25(33)29-23)6-8-19(20)37-13-21(31)30-27-12-16-10-17(26)7-9-18(16)34-3/h6-12,21,23,30-31H,5,13H2,1-4H3,(H2,28,29,33)/b27-12+/t21-,23+/m0/s1. The second kappa shape index (κ2) is 12.8. The number of hydrazone groups is 1. The van der Waals surface area contributed by atoms with Crippen LogP contribution in [0, 0.1) is 0 Å². The maximum Gasteiger partial charge on any atom is 0.337 e. The van der Waals surface area contributed by atoms with Gasteiger partial charge in [-0.1, -0.05) is 17.7 Å². The summed E-state index contributed by atoms with van der Waals surface area (Å²) in [5, 5.41) is 20.1. The van der Waals surface area contributed by atoms with Gasteiger partial charge in [0, 0.05) is 16.3 Å². The van der Waals surface area contributed by atoms with E-state index in [9.17, 15) is 14.7 Å². The Kier molecular flexibility index (Phi) is 9.58. The second-order valence-electron chi connectivity index (χ2n) is 7.80. The summed E-state index contributed by atoms with van der Waals surface area (Å²) >= 11 is 6.01. The normalized spacial score (nSPS) is 16.1. The van der Waals surface area contributed by atoms with Crippen molar-refractivity contribution in [3.05, 3.63) is 63.8 Å². The van der Waals surface area contributed by atoms with Gasteiger partial charge in [0.1, 0.15) is 12.4 Å². The molecule has 2 amide bonds. The SMILES string of the molecule is CCOc1cc([C@H]2NC(=O)NC(C)=C2C(=O)OC)ccc1OC[C@H](O)N/N=C/c1cc(Cl)ccc1OC. The summed E-state index contributed by atoms with van der Waals surface area (Å²) in [5.74, 6) is 0.729. The molecular formula is C25H29ClN4O7. The molecule has 11 nitrogen and oxygen atoms in total. The highest BCUT2D eigenvalue weighted by atomic mass is 35.5. The fourth-order valence-corrected chi connectivity index (χ4v) is 3.80. The lowest BCUT2D eigenvalue weighted by molar-refractivity contribution is -0.136. The number of nitrogens with one attached hydrogen (secondary N) is 3. The van der Waals surface area contributed by atoms with Gasteiger partial charge < -0.3 is 34.7 Å². The van der Waals surface area contributed by atoms with E-state index < -0.39 is 24.3 Å². The van der Waals surface area contributed by atoms with E-state index >= 15 is 0 Å². The highest BCUT2D eigenvalue weighted by molar-refractivity contribution is 6.30. The molecule has 12 heteroatoms. The number of halogens is 1. The number of ether oxygens (including phenoxy) is 4. The van der Waals surface area contributed by atoms with Gasteiger partial charge in [-0.05, 0) is 49.7 Å². The van der Waals surface area contributed by atoms with E-state index in [1.54, 1.807) is 43.3 Å². The number of allylic oxidation sites excluding steroid dienone is 1. The zero-order valence-corrected chi connectivity index (χ0v) is 21.6. The maximum atomic E-state index is 12.4. The zero-order chi connectivity index (χ0) is 26.9. The third-order valence-electron chi connectivity index (χ3n) is 5.29. The van der Waals surface area contributed by atoms with Crippen molar-refractivity contribution < 1.29 is 33.6 Å². The Balaban J connectivity index is 1.72. The number of esters is 1. The lowest BCUT2D eigenvalue weighted by Crippen LogP contribution is -2.45. The molecule has 0 aromatic heterocycles. The molecule has 1 aliphatic rings. The lowest BCUT2D eigenvalue weighted by Gasteiger charge is -2.28. The minimum atomic E-state index is -1.14. The van der Waals surface area contributed by atoms with Crippen LogP contribution in [-0.2, 0) is 9.53 Å². The molecule has 2 aromatic carbocycles. The van der Waals surface area contributed by atoms with Crippen LogP contribution < -0.4 is 30.3 Å². The molecule has 0 spiro atoms. The molecule has 4 N–H and O–H groups in total. The van der Waals surface area contributed by atoms with Crippen molar-refractivity contribution in [1.82, 2.24) is 16.1 Å². The largest absolute Gasteiger partial charge is 0.496 e. The van der Waals surface area contributed by atoms with E-state index in [1.807, 2.05) is 6.92 Å². The highest BCUT2D eigenvalue weighted by Crippen LogP contribution is 2.35. The molecule has 0 unspecified atom stereocenters. The van der Waals surface area contributed by atoms with Crippen LogP contribution in [0.15, 0.2) is 52.8 Å². The van der Waals surface area contributed by atoms with Gasteiger partial charge in [-0.15, -0.1) is 0 Å². The Bertz CT molecular complexity index is 1200. The van der Waals surface area contributed by atoms with Gasteiger partial charge in [0.15, 0.2) is 17.7 Å². The Morgan fingerprint density at radius 1 is 1.19 bits per heavy atom. The summed E-state index contributed by atoms with van der Waals surface area (Å²) in [7, 11) is 2.80. The number of rotatable bonds is 11. The monoisotopic (exact) mass is 532 g/mol. The first kappa shape index (κ1) is 27.6. The Hall–Kier alpha value is -3.96. The molecule has 2 atom stereocenters. The minimum absolute atomic E-state index is 0.153. The number of hydrogen-bond acceptors (Lipinski definition) is 9. The van der Waals surface area contributed by atoms with Crippen LogP contribution in [0.5, 0.6) is 17.2 Å². The molecular weight excluding hydrogens is 504 g/mol. The van der Waals surface area contributed by atoms with E-state index in [2.05, 4.69) is 21.2 Å². The number of carbonyl (C=O) groups excluding carboxylic acids is 2. The molecule has 198 valence electrons. The average Bonchev–Trinajstić information content (AvgIpc) is 2.87. The number of aliphatic hydroxyl groups excluding tert-OH is 1. The molecule has 0 bridgehead atoms. The fourth-order valence-electron chi connectivity index (χ4n) is 3.62. The maximum absolute atomic E-state index is 12.4. The smallest absolute Gasteiger partial charge is 0.337 e. The number of urea groups is 1. The van der Waals surface area contributed by atoms with Crippen molar-refractivity contribution >= 4 is 29.8 Å². The predicted octanol–water partition coefficient (Wildman–Crippen LogP) is 2.87. The van der Waals surface area contributed by atoms with Crippen LogP contribution in [0.25, 0.3) is 0 Å². The predicted molar refractivity (Wildman–Crippen MR) is 137 cm³/mol.